The second-order valence-electron chi connectivity index (χ2n) is 6.62. The molecule has 1 atom stereocenters. The third kappa shape index (κ3) is 3.85. The maximum Gasteiger partial charge on any atom is 0.0756 e. The quantitative estimate of drug-likeness (QED) is 0.880. The lowest BCUT2D eigenvalue weighted by Crippen LogP contribution is -2.35. The molecule has 3 heteroatoms. The Balaban J connectivity index is 1.96. The number of nitrogens with zero attached hydrogens (tertiary/aromatic N) is 2. The zero-order valence-corrected chi connectivity index (χ0v) is 14.1. The summed E-state index contributed by atoms with van der Waals surface area (Å²) in [4.78, 5) is 2.63. The molecule has 1 aromatic heterocycles. The zero-order chi connectivity index (χ0) is 16.1. The van der Waals surface area contributed by atoms with Crippen molar-refractivity contribution in [3.8, 4) is 0 Å². The minimum Gasteiger partial charge on any atom is -0.396 e. The van der Waals surface area contributed by atoms with Crippen LogP contribution in [0.5, 0.6) is 0 Å². The maximum absolute atomic E-state index is 9.17. The summed E-state index contributed by atoms with van der Waals surface area (Å²) in [5, 5.41) is 9.17. The highest BCUT2D eigenvalue weighted by atomic mass is 16.3. The van der Waals surface area contributed by atoms with E-state index in [1.54, 1.807) is 0 Å². The Bertz CT molecular complexity index is 614. The van der Waals surface area contributed by atoms with Crippen molar-refractivity contribution in [1.82, 2.24) is 9.47 Å². The summed E-state index contributed by atoms with van der Waals surface area (Å²) < 4.78 is 2.32. The van der Waals surface area contributed by atoms with Crippen LogP contribution >= 0.6 is 0 Å². The van der Waals surface area contributed by atoms with Crippen molar-refractivity contribution < 1.29 is 5.11 Å². The second-order valence-corrected chi connectivity index (χ2v) is 6.62. The molecule has 2 heterocycles. The second kappa shape index (κ2) is 7.80. The highest BCUT2D eigenvalue weighted by Gasteiger charge is 2.26. The van der Waals surface area contributed by atoms with Crippen molar-refractivity contribution in [3.05, 3.63) is 59.4 Å². The van der Waals surface area contributed by atoms with Crippen molar-refractivity contribution in [1.29, 1.82) is 0 Å². The van der Waals surface area contributed by atoms with E-state index in [4.69, 9.17) is 0 Å². The molecule has 1 unspecified atom stereocenters. The van der Waals surface area contributed by atoms with Gasteiger partial charge in [-0.1, -0.05) is 36.2 Å². The molecule has 2 aromatic rings. The van der Waals surface area contributed by atoms with Crippen LogP contribution in [0.15, 0.2) is 42.6 Å². The first kappa shape index (κ1) is 16.3. The van der Waals surface area contributed by atoms with Gasteiger partial charge in [0.2, 0.25) is 0 Å². The largest absolute Gasteiger partial charge is 0.396 e. The van der Waals surface area contributed by atoms with Gasteiger partial charge in [-0.2, -0.15) is 0 Å². The molecular weight excluding hydrogens is 284 g/mol. The Morgan fingerprint density at radius 2 is 1.91 bits per heavy atom. The van der Waals surface area contributed by atoms with Crippen LogP contribution in [0.25, 0.3) is 0 Å². The van der Waals surface area contributed by atoms with Crippen LogP contribution in [0, 0.1) is 6.92 Å². The Morgan fingerprint density at radius 1 is 1.09 bits per heavy atom. The molecule has 1 aromatic carbocycles. The van der Waals surface area contributed by atoms with E-state index in [1.165, 1.54) is 49.2 Å². The topological polar surface area (TPSA) is 28.4 Å². The number of aliphatic hydroxyl groups excluding tert-OH is 1. The van der Waals surface area contributed by atoms with Gasteiger partial charge in [0, 0.05) is 25.0 Å². The van der Waals surface area contributed by atoms with Crippen molar-refractivity contribution in [2.45, 2.75) is 45.2 Å². The van der Waals surface area contributed by atoms with Gasteiger partial charge >= 0.3 is 0 Å². The van der Waals surface area contributed by atoms with Gasteiger partial charge in [0.15, 0.2) is 0 Å². The summed E-state index contributed by atoms with van der Waals surface area (Å²) in [6, 6.07) is 13.6. The highest BCUT2D eigenvalue weighted by molar-refractivity contribution is 5.32. The number of hydrogen-bond acceptors (Lipinski definition) is 2. The lowest BCUT2D eigenvalue weighted by atomic mass is 9.97. The fourth-order valence-electron chi connectivity index (χ4n) is 3.71. The normalized spacial score (nSPS) is 17.3. The molecule has 0 bridgehead atoms. The Morgan fingerprint density at radius 3 is 2.65 bits per heavy atom. The predicted octanol–water partition coefficient (Wildman–Crippen LogP) is 3.75. The summed E-state index contributed by atoms with van der Waals surface area (Å²) in [5.41, 5.74) is 4.06. The van der Waals surface area contributed by atoms with Gasteiger partial charge in [0.05, 0.1) is 6.04 Å². The summed E-state index contributed by atoms with van der Waals surface area (Å²) in [6.45, 7) is 5.64. The van der Waals surface area contributed by atoms with Gasteiger partial charge in [0.1, 0.15) is 0 Å². The van der Waals surface area contributed by atoms with Gasteiger partial charge in [0.25, 0.3) is 0 Å². The van der Waals surface area contributed by atoms with E-state index in [-0.39, 0.29) is 6.61 Å². The highest BCUT2D eigenvalue weighted by Crippen LogP contribution is 2.32. The minimum absolute atomic E-state index is 0.246. The summed E-state index contributed by atoms with van der Waals surface area (Å²) in [7, 11) is 0. The molecule has 1 aliphatic rings. The van der Waals surface area contributed by atoms with Crippen LogP contribution in [0.1, 0.15) is 48.5 Å². The third-order valence-corrected chi connectivity index (χ3v) is 4.82. The first-order valence-corrected chi connectivity index (χ1v) is 8.86. The molecule has 3 rings (SSSR count). The Labute approximate surface area is 139 Å². The molecule has 124 valence electrons. The van der Waals surface area contributed by atoms with Gasteiger partial charge in [-0.3, -0.25) is 4.90 Å². The SMILES string of the molecule is Cc1cccc(C(c2cccn2CCCO)N2CCCCC2)c1. The monoisotopic (exact) mass is 312 g/mol. The Hall–Kier alpha value is -1.58. The number of piperidine rings is 1. The first-order chi connectivity index (χ1) is 11.3. The molecule has 1 saturated heterocycles. The summed E-state index contributed by atoms with van der Waals surface area (Å²) >= 11 is 0. The zero-order valence-electron chi connectivity index (χ0n) is 14.1. The van der Waals surface area contributed by atoms with Crippen LogP contribution in [-0.2, 0) is 6.54 Å². The van der Waals surface area contributed by atoms with Crippen molar-refractivity contribution in [2.75, 3.05) is 19.7 Å². The molecule has 0 saturated carbocycles. The first-order valence-electron chi connectivity index (χ1n) is 8.86. The third-order valence-electron chi connectivity index (χ3n) is 4.82. The molecule has 0 radical (unpaired) electrons. The standard InChI is InChI=1S/C20H28N2O/c1-17-8-5-9-18(16-17)20(22-11-3-2-4-12-22)19-10-6-13-21(19)14-7-15-23/h5-6,8-10,13,16,20,23H,2-4,7,11-12,14-15H2,1H3. The van der Waals surface area contributed by atoms with E-state index < -0.39 is 0 Å². The summed E-state index contributed by atoms with van der Waals surface area (Å²) in [6.07, 6.45) is 6.89. The molecular formula is C20H28N2O. The number of hydrogen-bond donors (Lipinski definition) is 1. The van der Waals surface area contributed by atoms with E-state index in [2.05, 4.69) is 59.0 Å². The van der Waals surface area contributed by atoms with E-state index >= 15 is 0 Å². The van der Waals surface area contributed by atoms with Gasteiger partial charge in [-0.15, -0.1) is 0 Å². The van der Waals surface area contributed by atoms with Crippen molar-refractivity contribution in [2.24, 2.45) is 0 Å². The maximum atomic E-state index is 9.17. The van der Waals surface area contributed by atoms with E-state index in [0.29, 0.717) is 6.04 Å². The molecule has 1 aliphatic heterocycles. The van der Waals surface area contributed by atoms with Crippen LogP contribution in [0.3, 0.4) is 0 Å². The molecule has 0 spiro atoms. The van der Waals surface area contributed by atoms with Crippen molar-refractivity contribution >= 4 is 0 Å². The van der Waals surface area contributed by atoms with Gasteiger partial charge in [-0.25, -0.2) is 0 Å². The summed E-state index contributed by atoms with van der Waals surface area (Å²) in [5.74, 6) is 0. The smallest absolute Gasteiger partial charge is 0.0756 e. The number of aliphatic hydroxyl groups is 1. The lowest BCUT2D eigenvalue weighted by Gasteiger charge is -2.35. The number of aromatic nitrogens is 1. The molecule has 0 aliphatic carbocycles. The van der Waals surface area contributed by atoms with Crippen LogP contribution in [0.2, 0.25) is 0 Å². The molecule has 1 N–H and O–H groups in total. The molecule has 3 nitrogen and oxygen atoms in total. The van der Waals surface area contributed by atoms with E-state index in [1.807, 2.05) is 0 Å². The fourth-order valence-corrected chi connectivity index (χ4v) is 3.71. The lowest BCUT2D eigenvalue weighted by molar-refractivity contribution is 0.180. The fraction of sp³-hybridized carbons (Fsp3) is 0.500. The number of aryl methyl sites for hydroxylation is 2. The molecule has 0 amide bonds. The minimum atomic E-state index is 0.246. The van der Waals surface area contributed by atoms with E-state index in [9.17, 15) is 5.11 Å². The van der Waals surface area contributed by atoms with Gasteiger partial charge < -0.3 is 9.67 Å². The van der Waals surface area contributed by atoms with Crippen LogP contribution < -0.4 is 0 Å². The average Bonchev–Trinajstić information content (AvgIpc) is 3.02. The predicted molar refractivity (Wildman–Crippen MR) is 94.6 cm³/mol. The van der Waals surface area contributed by atoms with E-state index in [0.717, 1.165) is 13.0 Å². The molecule has 1 fully saturated rings. The molecule has 23 heavy (non-hydrogen) atoms. The average molecular weight is 312 g/mol. The van der Waals surface area contributed by atoms with Crippen LogP contribution in [-0.4, -0.2) is 34.3 Å². The number of rotatable bonds is 6. The Kier molecular flexibility index (Phi) is 5.52. The van der Waals surface area contributed by atoms with Crippen molar-refractivity contribution in [3.63, 3.8) is 0 Å². The number of likely N-dealkylation sites (tertiary alicyclic amines) is 1. The number of benzene rings is 1. The van der Waals surface area contributed by atoms with Gasteiger partial charge in [-0.05, 0) is 57.0 Å². The van der Waals surface area contributed by atoms with Crippen LogP contribution in [0.4, 0.5) is 0 Å².